The van der Waals surface area contributed by atoms with Crippen LogP contribution >= 0.6 is 10.7 Å². The van der Waals surface area contributed by atoms with Gasteiger partial charge in [-0.3, -0.25) is 4.79 Å². The first-order valence-corrected chi connectivity index (χ1v) is 8.31. The Labute approximate surface area is 121 Å². The number of hydrogen-bond donors (Lipinski definition) is 0. The van der Waals surface area contributed by atoms with Gasteiger partial charge < -0.3 is 4.90 Å². The molecule has 4 nitrogen and oxygen atoms in total. The van der Waals surface area contributed by atoms with E-state index >= 15 is 0 Å². The predicted molar refractivity (Wildman–Crippen MR) is 73.7 cm³/mol. The molecular weight excluding hydrogens is 305 g/mol. The molecule has 1 aromatic rings. The molecule has 0 spiro atoms. The molecule has 0 unspecified atom stereocenters. The highest BCUT2D eigenvalue weighted by Gasteiger charge is 2.32. The minimum Gasteiger partial charge on any atom is -0.332 e. The Morgan fingerprint density at radius 3 is 2.60 bits per heavy atom. The molecule has 0 aromatic heterocycles. The SMILES string of the molecule is C=CCN(C(=O)c1cc(F)cc(S(=O)(=O)Cl)c1)C1CC1. The van der Waals surface area contributed by atoms with Gasteiger partial charge in [0.05, 0.1) is 4.90 Å². The van der Waals surface area contributed by atoms with Gasteiger partial charge in [0.25, 0.3) is 15.0 Å². The fraction of sp³-hybridized carbons (Fsp3) is 0.308. The van der Waals surface area contributed by atoms with Crippen LogP contribution in [0.15, 0.2) is 35.7 Å². The summed E-state index contributed by atoms with van der Waals surface area (Å²) in [6.45, 7) is 3.91. The molecule has 7 heteroatoms. The van der Waals surface area contributed by atoms with Crippen LogP contribution in [0.1, 0.15) is 23.2 Å². The van der Waals surface area contributed by atoms with Crippen molar-refractivity contribution in [1.29, 1.82) is 0 Å². The quantitative estimate of drug-likeness (QED) is 0.619. The van der Waals surface area contributed by atoms with E-state index in [2.05, 4.69) is 6.58 Å². The van der Waals surface area contributed by atoms with Gasteiger partial charge in [-0.1, -0.05) is 6.08 Å². The number of halogens is 2. The van der Waals surface area contributed by atoms with E-state index in [1.54, 1.807) is 11.0 Å². The van der Waals surface area contributed by atoms with Gasteiger partial charge in [0.2, 0.25) is 0 Å². The second kappa shape index (κ2) is 5.54. The maximum absolute atomic E-state index is 13.5. The molecule has 1 aliphatic carbocycles. The number of benzene rings is 1. The van der Waals surface area contributed by atoms with Crippen molar-refractivity contribution in [3.8, 4) is 0 Å². The second-order valence-electron chi connectivity index (χ2n) is 4.59. The van der Waals surface area contributed by atoms with Gasteiger partial charge in [0, 0.05) is 28.8 Å². The van der Waals surface area contributed by atoms with E-state index in [4.69, 9.17) is 10.7 Å². The van der Waals surface area contributed by atoms with Crippen LogP contribution in [0.4, 0.5) is 4.39 Å². The summed E-state index contributed by atoms with van der Waals surface area (Å²) in [5.41, 5.74) is -0.0297. The van der Waals surface area contributed by atoms with E-state index in [0.29, 0.717) is 6.54 Å². The van der Waals surface area contributed by atoms with Crippen LogP contribution in [-0.4, -0.2) is 31.8 Å². The normalized spacial score (nSPS) is 14.9. The van der Waals surface area contributed by atoms with E-state index in [1.807, 2.05) is 0 Å². The predicted octanol–water partition coefficient (Wildman–Crippen LogP) is 2.54. The lowest BCUT2D eigenvalue weighted by atomic mass is 10.2. The third-order valence-corrected chi connectivity index (χ3v) is 4.31. The van der Waals surface area contributed by atoms with Crippen molar-refractivity contribution in [2.75, 3.05) is 6.54 Å². The first-order chi connectivity index (χ1) is 9.32. The van der Waals surface area contributed by atoms with Crippen LogP contribution < -0.4 is 0 Å². The van der Waals surface area contributed by atoms with E-state index in [1.165, 1.54) is 0 Å². The summed E-state index contributed by atoms with van der Waals surface area (Å²) in [6, 6.07) is 2.99. The topological polar surface area (TPSA) is 54.5 Å². The molecule has 20 heavy (non-hydrogen) atoms. The number of carbonyl (C=O) groups excluding carboxylic acids is 1. The summed E-state index contributed by atoms with van der Waals surface area (Å²) in [5.74, 6) is -1.24. The van der Waals surface area contributed by atoms with Crippen molar-refractivity contribution in [2.45, 2.75) is 23.8 Å². The lowest BCUT2D eigenvalue weighted by molar-refractivity contribution is 0.0762. The molecule has 0 radical (unpaired) electrons. The highest BCUT2D eigenvalue weighted by molar-refractivity contribution is 8.13. The summed E-state index contributed by atoms with van der Waals surface area (Å²) in [7, 11) is 1.10. The van der Waals surface area contributed by atoms with Crippen molar-refractivity contribution in [3.63, 3.8) is 0 Å². The Morgan fingerprint density at radius 2 is 2.10 bits per heavy atom. The number of rotatable bonds is 5. The molecule has 0 N–H and O–H groups in total. The van der Waals surface area contributed by atoms with Crippen LogP contribution in [-0.2, 0) is 9.05 Å². The van der Waals surface area contributed by atoms with Crippen LogP contribution in [0.2, 0.25) is 0 Å². The molecule has 0 aliphatic heterocycles. The fourth-order valence-corrected chi connectivity index (χ4v) is 2.70. The van der Waals surface area contributed by atoms with E-state index < -0.39 is 25.7 Å². The summed E-state index contributed by atoms with van der Waals surface area (Å²) in [6.07, 6.45) is 3.35. The maximum atomic E-state index is 13.5. The molecule has 1 aliphatic rings. The van der Waals surface area contributed by atoms with Gasteiger partial charge >= 0.3 is 0 Å². The molecule has 1 fully saturated rings. The molecule has 0 atom stereocenters. The number of carbonyl (C=O) groups is 1. The smallest absolute Gasteiger partial charge is 0.261 e. The molecule has 1 aromatic carbocycles. The van der Waals surface area contributed by atoms with Crippen LogP contribution in [0, 0.1) is 5.82 Å². The zero-order valence-corrected chi connectivity index (χ0v) is 12.1. The van der Waals surface area contributed by atoms with E-state index in [-0.39, 0.29) is 11.6 Å². The fourth-order valence-electron chi connectivity index (χ4n) is 1.92. The largest absolute Gasteiger partial charge is 0.332 e. The summed E-state index contributed by atoms with van der Waals surface area (Å²) >= 11 is 0. The van der Waals surface area contributed by atoms with Gasteiger partial charge in [-0.05, 0) is 31.0 Å². The second-order valence-corrected chi connectivity index (χ2v) is 7.16. The van der Waals surface area contributed by atoms with Crippen molar-refractivity contribution in [3.05, 3.63) is 42.2 Å². The zero-order chi connectivity index (χ0) is 14.9. The van der Waals surface area contributed by atoms with Crippen molar-refractivity contribution in [1.82, 2.24) is 4.90 Å². The summed E-state index contributed by atoms with van der Waals surface area (Å²) < 4.78 is 36.0. The van der Waals surface area contributed by atoms with Gasteiger partial charge in [-0.25, -0.2) is 12.8 Å². The highest BCUT2D eigenvalue weighted by Crippen LogP contribution is 2.29. The first-order valence-electron chi connectivity index (χ1n) is 6.00. The summed E-state index contributed by atoms with van der Waals surface area (Å²) in [5, 5.41) is 0. The standard InChI is InChI=1S/C13H13ClFNO3S/c1-2-5-16(11-3-4-11)13(17)9-6-10(15)8-12(7-9)20(14,18)19/h2,6-8,11H,1,3-5H2. The Kier molecular flexibility index (Phi) is 4.15. The lowest BCUT2D eigenvalue weighted by Crippen LogP contribution is -2.33. The van der Waals surface area contributed by atoms with Crippen LogP contribution in [0.5, 0.6) is 0 Å². The highest BCUT2D eigenvalue weighted by atomic mass is 35.7. The van der Waals surface area contributed by atoms with Gasteiger partial charge in [0.15, 0.2) is 0 Å². The number of amides is 1. The molecule has 1 saturated carbocycles. The first kappa shape index (κ1) is 15.0. The Balaban J connectivity index is 2.38. The Bertz CT molecular complexity index is 656. The number of hydrogen-bond acceptors (Lipinski definition) is 3. The van der Waals surface area contributed by atoms with Crippen molar-refractivity contribution < 1.29 is 17.6 Å². The monoisotopic (exact) mass is 317 g/mol. The number of nitrogens with zero attached hydrogens (tertiary/aromatic N) is 1. The molecule has 1 amide bonds. The van der Waals surface area contributed by atoms with Gasteiger partial charge in [-0.15, -0.1) is 6.58 Å². The molecule has 2 rings (SSSR count). The lowest BCUT2D eigenvalue weighted by Gasteiger charge is -2.20. The van der Waals surface area contributed by atoms with Gasteiger partial charge in [-0.2, -0.15) is 0 Å². The van der Waals surface area contributed by atoms with Crippen molar-refractivity contribution >= 4 is 25.6 Å². The van der Waals surface area contributed by atoms with Crippen LogP contribution in [0.3, 0.4) is 0 Å². The van der Waals surface area contributed by atoms with Crippen LogP contribution in [0.25, 0.3) is 0 Å². The molecule has 0 bridgehead atoms. The molecule has 108 valence electrons. The average Bonchev–Trinajstić information content (AvgIpc) is 3.17. The summed E-state index contributed by atoms with van der Waals surface area (Å²) in [4.78, 5) is 13.4. The zero-order valence-electron chi connectivity index (χ0n) is 10.6. The van der Waals surface area contributed by atoms with E-state index in [9.17, 15) is 17.6 Å². The molecule has 0 saturated heterocycles. The minimum absolute atomic E-state index is 0.0297. The minimum atomic E-state index is -4.08. The Hall–Kier alpha value is -1.40. The maximum Gasteiger partial charge on any atom is 0.261 e. The Morgan fingerprint density at radius 1 is 1.45 bits per heavy atom. The van der Waals surface area contributed by atoms with Crippen molar-refractivity contribution in [2.24, 2.45) is 0 Å². The van der Waals surface area contributed by atoms with E-state index in [0.717, 1.165) is 31.0 Å². The third-order valence-electron chi connectivity index (χ3n) is 2.97. The van der Waals surface area contributed by atoms with Gasteiger partial charge in [0.1, 0.15) is 5.82 Å². The molecular formula is C13H13ClFNO3S. The third kappa shape index (κ3) is 3.37. The molecule has 0 heterocycles. The average molecular weight is 318 g/mol.